The summed E-state index contributed by atoms with van der Waals surface area (Å²) < 4.78 is 28.3. The summed E-state index contributed by atoms with van der Waals surface area (Å²) in [5, 5.41) is 10.8. The number of rotatable bonds is 5. The van der Waals surface area contributed by atoms with Crippen LogP contribution in [-0.4, -0.2) is 25.5 Å². The third kappa shape index (κ3) is 3.15. The molecule has 0 atom stereocenters. The molecule has 0 aromatic carbocycles. The summed E-state index contributed by atoms with van der Waals surface area (Å²) in [6, 6.07) is 1.28. The highest BCUT2D eigenvalue weighted by atomic mass is 19.3. The molecule has 2 heterocycles. The highest BCUT2D eigenvalue weighted by Gasteiger charge is 2.17. The Bertz CT molecular complexity index is 690. The molecule has 1 amide bonds. The van der Waals surface area contributed by atoms with Gasteiger partial charge in [0.15, 0.2) is 0 Å². The lowest BCUT2D eigenvalue weighted by molar-refractivity contribution is -0.117. The first-order chi connectivity index (χ1) is 10.3. The molecule has 0 unspecified atom stereocenters. The van der Waals surface area contributed by atoms with Crippen molar-refractivity contribution in [2.75, 3.05) is 5.32 Å². The topological polar surface area (TPSA) is 64.7 Å². The van der Waals surface area contributed by atoms with Crippen molar-refractivity contribution in [3.05, 3.63) is 28.8 Å². The Kier molecular flexibility index (Phi) is 4.58. The van der Waals surface area contributed by atoms with E-state index >= 15 is 0 Å². The average Bonchev–Trinajstić information content (AvgIpc) is 2.94. The van der Waals surface area contributed by atoms with Crippen molar-refractivity contribution in [3.8, 4) is 0 Å². The maximum atomic E-state index is 12.6. The van der Waals surface area contributed by atoms with Crippen LogP contribution in [0, 0.1) is 20.8 Å². The molecule has 2 aromatic heterocycles. The summed E-state index contributed by atoms with van der Waals surface area (Å²) in [4.78, 5) is 12.1. The lowest BCUT2D eigenvalue weighted by Crippen LogP contribution is -2.21. The molecule has 0 radical (unpaired) electrons. The first-order valence-electron chi connectivity index (χ1n) is 6.99. The maximum absolute atomic E-state index is 12.6. The fourth-order valence-corrected chi connectivity index (χ4v) is 2.30. The second-order valence-electron chi connectivity index (χ2n) is 5.08. The van der Waals surface area contributed by atoms with Crippen LogP contribution < -0.4 is 5.32 Å². The molecule has 0 aliphatic rings. The summed E-state index contributed by atoms with van der Waals surface area (Å²) in [7, 11) is 0. The van der Waals surface area contributed by atoms with E-state index in [1.165, 1.54) is 10.7 Å². The van der Waals surface area contributed by atoms with Gasteiger partial charge in [-0.15, -0.1) is 0 Å². The number of carbonyl (C=O) groups excluding carboxylic acids is 1. The van der Waals surface area contributed by atoms with Crippen LogP contribution in [0.2, 0.25) is 0 Å². The van der Waals surface area contributed by atoms with Gasteiger partial charge in [0.1, 0.15) is 12.2 Å². The molecule has 0 spiro atoms. The summed E-state index contributed by atoms with van der Waals surface area (Å²) in [5.41, 5.74) is 2.43. The van der Waals surface area contributed by atoms with Gasteiger partial charge in [-0.1, -0.05) is 0 Å². The van der Waals surface area contributed by atoms with Crippen LogP contribution >= 0.6 is 0 Å². The highest BCUT2D eigenvalue weighted by Crippen LogP contribution is 2.20. The minimum Gasteiger partial charge on any atom is -0.321 e. The van der Waals surface area contributed by atoms with E-state index in [-0.39, 0.29) is 18.1 Å². The molecule has 120 valence electrons. The molecule has 0 bridgehead atoms. The predicted molar refractivity (Wildman–Crippen MR) is 77.9 cm³/mol. The molecule has 1 N–H and O–H groups in total. The monoisotopic (exact) mass is 311 g/mol. The summed E-state index contributed by atoms with van der Waals surface area (Å²) >= 11 is 0. The molecular weight excluding hydrogens is 292 g/mol. The third-order valence-corrected chi connectivity index (χ3v) is 3.46. The van der Waals surface area contributed by atoms with Gasteiger partial charge in [0.25, 0.3) is 6.43 Å². The molecule has 0 fully saturated rings. The number of nitrogens with one attached hydrogen (secondary N) is 1. The Hall–Kier alpha value is -2.25. The molecule has 22 heavy (non-hydrogen) atoms. The van der Waals surface area contributed by atoms with E-state index in [0.29, 0.717) is 17.9 Å². The summed E-state index contributed by atoms with van der Waals surface area (Å²) in [6.07, 6.45) is -2.64. The number of carbonyl (C=O) groups is 1. The number of anilines is 1. The molecule has 0 aliphatic carbocycles. The SMILES string of the molecule is CCn1nc(C)c(NC(=O)Cn2nc(C(F)F)cc2C)c1C. The molecule has 2 rings (SSSR count). The van der Waals surface area contributed by atoms with Crippen molar-refractivity contribution < 1.29 is 13.6 Å². The van der Waals surface area contributed by atoms with Crippen LogP contribution in [0.15, 0.2) is 6.07 Å². The Balaban J connectivity index is 2.12. The van der Waals surface area contributed by atoms with E-state index in [1.54, 1.807) is 11.6 Å². The third-order valence-electron chi connectivity index (χ3n) is 3.46. The number of amides is 1. The molecular formula is C14H19F2N5O. The quantitative estimate of drug-likeness (QED) is 0.923. The number of halogens is 2. The highest BCUT2D eigenvalue weighted by molar-refractivity contribution is 5.91. The van der Waals surface area contributed by atoms with E-state index < -0.39 is 6.43 Å². The standard InChI is InChI=1S/C14H19F2N5O/c1-5-20-10(4)13(9(3)18-20)17-12(22)7-21-8(2)6-11(19-21)14(15)16/h6,14H,5,7H2,1-4H3,(H,17,22). The Morgan fingerprint density at radius 1 is 1.27 bits per heavy atom. The number of aryl methyl sites for hydroxylation is 3. The van der Waals surface area contributed by atoms with Gasteiger partial charge >= 0.3 is 0 Å². The van der Waals surface area contributed by atoms with Crippen LogP contribution in [0.4, 0.5) is 14.5 Å². The van der Waals surface area contributed by atoms with Gasteiger partial charge in [-0.3, -0.25) is 14.2 Å². The molecule has 2 aromatic rings. The van der Waals surface area contributed by atoms with Crippen LogP contribution in [0.5, 0.6) is 0 Å². The van der Waals surface area contributed by atoms with Gasteiger partial charge in [-0.05, 0) is 33.8 Å². The number of nitrogens with zero attached hydrogens (tertiary/aromatic N) is 4. The normalized spacial score (nSPS) is 11.2. The van der Waals surface area contributed by atoms with Crippen LogP contribution in [0.3, 0.4) is 0 Å². The van der Waals surface area contributed by atoms with E-state index in [4.69, 9.17) is 0 Å². The Morgan fingerprint density at radius 2 is 1.95 bits per heavy atom. The van der Waals surface area contributed by atoms with Crippen LogP contribution in [-0.2, 0) is 17.9 Å². The average molecular weight is 311 g/mol. The zero-order chi connectivity index (χ0) is 16.4. The van der Waals surface area contributed by atoms with E-state index in [0.717, 1.165) is 11.4 Å². The largest absolute Gasteiger partial charge is 0.321 e. The second-order valence-corrected chi connectivity index (χ2v) is 5.08. The van der Waals surface area contributed by atoms with Crippen LogP contribution in [0.25, 0.3) is 0 Å². The molecule has 0 aliphatic heterocycles. The zero-order valence-electron chi connectivity index (χ0n) is 13.0. The summed E-state index contributed by atoms with van der Waals surface area (Å²) in [5.74, 6) is -0.325. The first kappa shape index (κ1) is 16.1. The van der Waals surface area contributed by atoms with Gasteiger partial charge < -0.3 is 5.32 Å². The van der Waals surface area contributed by atoms with E-state index in [2.05, 4.69) is 15.5 Å². The molecule has 0 saturated carbocycles. The van der Waals surface area contributed by atoms with Crippen LogP contribution in [0.1, 0.15) is 36.1 Å². The van der Waals surface area contributed by atoms with Crippen molar-refractivity contribution in [3.63, 3.8) is 0 Å². The smallest absolute Gasteiger partial charge is 0.282 e. The maximum Gasteiger partial charge on any atom is 0.282 e. The number of hydrogen-bond donors (Lipinski definition) is 1. The van der Waals surface area contributed by atoms with E-state index in [1.807, 2.05) is 20.8 Å². The molecule has 6 nitrogen and oxygen atoms in total. The van der Waals surface area contributed by atoms with Crippen molar-refractivity contribution in [2.24, 2.45) is 0 Å². The van der Waals surface area contributed by atoms with Gasteiger partial charge in [-0.25, -0.2) is 8.78 Å². The van der Waals surface area contributed by atoms with Gasteiger partial charge in [0.2, 0.25) is 5.91 Å². The minimum atomic E-state index is -2.64. The van der Waals surface area contributed by atoms with Crippen molar-refractivity contribution in [2.45, 2.75) is 47.2 Å². The number of hydrogen-bond acceptors (Lipinski definition) is 3. The number of aromatic nitrogens is 4. The fraction of sp³-hybridized carbons (Fsp3) is 0.500. The zero-order valence-corrected chi connectivity index (χ0v) is 13.0. The van der Waals surface area contributed by atoms with Crippen molar-refractivity contribution >= 4 is 11.6 Å². The van der Waals surface area contributed by atoms with Gasteiger partial charge in [0.05, 0.1) is 17.1 Å². The lowest BCUT2D eigenvalue weighted by Gasteiger charge is -2.07. The Labute approximate surface area is 127 Å². The Morgan fingerprint density at radius 3 is 2.45 bits per heavy atom. The van der Waals surface area contributed by atoms with Crippen molar-refractivity contribution in [1.82, 2.24) is 19.6 Å². The first-order valence-corrected chi connectivity index (χ1v) is 6.99. The predicted octanol–water partition coefficient (Wildman–Crippen LogP) is 2.60. The van der Waals surface area contributed by atoms with Gasteiger partial charge in [0, 0.05) is 12.2 Å². The lowest BCUT2D eigenvalue weighted by atomic mass is 10.3. The van der Waals surface area contributed by atoms with E-state index in [9.17, 15) is 13.6 Å². The van der Waals surface area contributed by atoms with Crippen molar-refractivity contribution in [1.29, 1.82) is 0 Å². The fourth-order valence-electron chi connectivity index (χ4n) is 2.30. The summed E-state index contributed by atoms with van der Waals surface area (Å²) in [6.45, 7) is 7.87. The second kappa shape index (κ2) is 6.25. The number of alkyl halides is 2. The van der Waals surface area contributed by atoms with Gasteiger partial charge in [-0.2, -0.15) is 10.2 Å². The molecule has 0 saturated heterocycles. The minimum absolute atomic E-state index is 0.116. The molecule has 8 heteroatoms.